The van der Waals surface area contributed by atoms with E-state index in [9.17, 15) is 4.39 Å². The summed E-state index contributed by atoms with van der Waals surface area (Å²) in [6.45, 7) is 4.51. The van der Waals surface area contributed by atoms with Gasteiger partial charge in [0, 0.05) is 18.8 Å². The van der Waals surface area contributed by atoms with Crippen LogP contribution in [0.2, 0.25) is 0 Å². The summed E-state index contributed by atoms with van der Waals surface area (Å²) in [6.07, 6.45) is 6.75. The highest BCUT2D eigenvalue weighted by molar-refractivity contribution is 5.89. The standard InChI is InChI=1S/C16H19FN4/c1-9-14(17)15-12(8-18-9)16(20-10(2)19-15)21-6-4-3-5-11-7-13(11)21/h8,11,13H,3-7H2,1-2H3. The molecule has 0 N–H and O–H groups in total. The second kappa shape index (κ2) is 4.61. The Morgan fingerprint density at radius 2 is 2.10 bits per heavy atom. The molecule has 1 saturated heterocycles. The molecule has 1 aliphatic heterocycles. The molecule has 21 heavy (non-hydrogen) atoms. The first kappa shape index (κ1) is 12.9. The van der Waals surface area contributed by atoms with Gasteiger partial charge >= 0.3 is 0 Å². The van der Waals surface area contributed by atoms with Crippen LogP contribution in [-0.2, 0) is 0 Å². The van der Waals surface area contributed by atoms with Gasteiger partial charge in [-0.05, 0) is 39.0 Å². The van der Waals surface area contributed by atoms with Gasteiger partial charge in [0.25, 0.3) is 0 Å². The number of rotatable bonds is 1. The molecular weight excluding hydrogens is 267 g/mol. The highest BCUT2D eigenvalue weighted by Gasteiger charge is 2.43. The normalized spacial score (nSPS) is 24.8. The third-order valence-electron chi connectivity index (χ3n) is 4.73. The maximum atomic E-state index is 14.3. The Bertz CT molecular complexity index is 715. The first-order chi connectivity index (χ1) is 10.1. The van der Waals surface area contributed by atoms with Crippen LogP contribution in [0.4, 0.5) is 10.2 Å². The van der Waals surface area contributed by atoms with Crippen molar-refractivity contribution < 1.29 is 4.39 Å². The van der Waals surface area contributed by atoms with Crippen LogP contribution in [0.15, 0.2) is 6.20 Å². The highest BCUT2D eigenvalue weighted by atomic mass is 19.1. The van der Waals surface area contributed by atoms with E-state index in [1.165, 1.54) is 25.7 Å². The molecule has 2 aromatic rings. The molecule has 3 heterocycles. The highest BCUT2D eigenvalue weighted by Crippen LogP contribution is 2.44. The maximum absolute atomic E-state index is 14.3. The number of aryl methyl sites for hydroxylation is 2. The van der Waals surface area contributed by atoms with E-state index in [1.54, 1.807) is 13.1 Å². The average molecular weight is 286 g/mol. The van der Waals surface area contributed by atoms with E-state index in [-0.39, 0.29) is 5.82 Å². The van der Waals surface area contributed by atoms with E-state index in [2.05, 4.69) is 19.9 Å². The summed E-state index contributed by atoms with van der Waals surface area (Å²) >= 11 is 0. The number of pyridine rings is 1. The van der Waals surface area contributed by atoms with Gasteiger partial charge in [-0.1, -0.05) is 6.42 Å². The van der Waals surface area contributed by atoms with Crippen LogP contribution in [0.3, 0.4) is 0 Å². The van der Waals surface area contributed by atoms with Crippen LogP contribution in [-0.4, -0.2) is 27.5 Å². The zero-order valence-corrected chi connectivity index (χ0v) is 12.4. The number of fused-ring (bicyclic) bond motifs is 2. The number of hydrogen-bond acceptors (Lipinski definition) is 4. The molecule has 5 heteroatoms. The summed E-state index contributed by atoms with van der Waals surface area (Å²) in [5, 5.41) is 0.747. The van der Waals surface area contributed by atoms with Crippen molar-refractivity contribution in [2.75, 3.05) is 11.4 Å². The van der Waals surface area contributed by atoms with Crippen molar-refractivity contribution in [2.45, 2.75) is 45.6 Å². The molecule has 0 bridgehead atoms. The molecule has 0 radical (unpaired) electrons. The van der Waals surface area contributed by atoms with Crippen molar-refractivity contribution in [3.8, 4) is 0 Å². The first-order valence-corrected chi connectivity index (χ1v) is 7.71. The van der Waals surface area contributed by atoms with E-state index in [4.69, 9.17) is 0 Å². The summed E-state index contributed by atoms with van der Waals surface area (Å²) in [6, 6.07) is 0.578. The molecule has 2 fully saturated rings. The Hall–Kier alpha value is -1.78. The van der Waals surface area contributed by atoms with Gasteiger partial charge in [-0.15, -0.1) is 0 Å². The van der Waals surface area contributed by atoms with Crippen LogP contribution in [0.5, 0.6) is 0 Å². The van der Waals surface area contributed by atoms with Crippen LogP contribution >= 0.6 is 0 Å². The van der Waals surface area contributed by atoms with Gasteiger partial charge in [-0.3, -0.25) is 4.98 Å². The molecular formula is C16H19FN4. The Morgan fingerprint density at radius 1 is 1.24 bits per heavy atom. The van der Waals surface area contributed by atoms with Gasteiger partial charge in [-0.2, -0.15) is 0 Å². The van der Waals surface area contributed by atoms with Crippen LogP contribution in [0.25, 0.3) is 10.9 Å². The molecule has 2 aliphatic rings. The Kier molecular flexibility index (Phi) is 2.84. The number of aromatic nitrogens is 3. The summed E-state index contributed by atoms with van der Waals surface area (Å²) in [5.74, 6) is 1.98. The molecule has 0 spiro atoms. The summed E-state index contributed by atoms with van der Waals surface area (Å²) in [4.78, 5) is 15.5. The van der Waals surface area contributed by atoms with Crippen molar-refractivity contribution in [3.05, 3.63) is 23.5 Å². The van der Waals surface area contributed by atoms with Gasteiger partial charge in [-0.25, -0.2) is 14.4 Å². The van der Waals surface area contributed by atoms with Gasteiger partial charge < -0.3 is 4.90 Å². The topological polar surface area (TPSA) is 41.9 Å². The van der Waals surface area contributed by atoms with Gasteiger partial charge in [0.1, 0.15) is 17.2 Å². The lowest BCUT2D eigenvalue weighted by atomic mass is 10.2. The fourth-order valence-corrected chi connectivity index (χ4v) is 3.50. The molecule has 2 aromatic heterocycles. The van der Waals surface area contributed by atoms with E-state index < -0.39 is 0 Å². The lowest BCUT2D eigenvalue weighted by Gasteiger charge is -2.24. The van der Waals surface area contributed by atoms with Crippen LogP contribution < -0.4 is 4.90 Å². The predicted molar refractivity (Wildman–Crippen MR) is 79.9 cm³/mol. The van der Waals surface area contributed by atoms with Gasteiger partial charge in [0.05, 0.1) is 11.1 Å². The number of nitrogens with zero attached hydrogens (tertiary/aromatic N) is 4. The summed E-state index contributed by atoms with van der Waals surface area (Å²) in [7, 11) is 0. The minimum Gasteiger partial charge on any atom is -0.353 e. The molecule has 0 amide bonds. The second-order valence-electron chi connectivity index (χ2n) is 6.27. The molecule has 110 valence electrons. The minimum atomic E-state index is -0.318. The molecule has 2 atom stereocenters. The third kappa shape index (κ3) is 2.06. The van der Waals surface area contributed by atoms with Crippen molar-refractivity contribution in [3.63, 3.8) is 0 Å². The second-order valence-corrected chi connectivity index (χ2v) is 6.27. The van der Waals surface area contributed by atoms with Gasteiger partial charge in [0.15, 0.2) is 5.82 Å². The Labute approximate surface area is 123 Å². The molecule has 4 rings (SSSR count). The largest absolute Gasteiger partial charge is 0.353 e. The lowest BCUT2D eigenvalue weighted by molar-refractivity contribution is 0.618. The average Bonchev–Trinajstić information content (AvgIpc) is 3.22. The van der Waals surface area contributed by atoms with E-state index in [0.717, 1.165) is 23.7 Å². The number of anilines is 1. The van der Waals surface area contributed by atoms with Crippen molar-refractivity contribution >= 4 is 16.7 Å². The molecule has 4 nitrogen and oxygen atoms in total. The Balaban J connectivity index is 1.90. The first-order valence-electron chi connectivity index (χ1n) is 7.71. The van der Waals surface area contributed by atoms with Crippen LogP contribution in [0, 0.1) is 25.6 Å². The van der Waals surface area contributed by atoms with Crippen molar-refractivity contribution in [1.82, 2.24) is 15.0 Å². The number of halogens is 1. The quantitative estimate of drug-likeness (QED) is 0.807. The monoisotopic (exact) mass is 286 g/mol. The van der Waals surface area contributed by atoms with Crippen LogP contribution in [0.1, 0.15) is 37.2 Å². The van der Waals surface area contributed by atoms with E-state index >= 15 is 0 Å². The summed E-state index contributed by atoms with van der Waals surface area (Å²) < 4.78 is 14.3. The lowest BCUT2D eigenvalue weighted by Crippen LogP contribution is -2.28. The Morgan fingerprint density at radius 3 is 2.95 bits per heavy atom. The third-order valence-corrected chi connectivity index (χ3v) is 4.73. The SMILES string of the molecule is Cc1nc(N2CCCCC3CC32)c2cnc(C)c(F)c2n1. The molecule has 2 unspecified atom stereocenters. The minimum absolute atomic E-state index is 0.318. The fraction of sp³-hybridized carbons (Fsp3) is 0.562. The smallest absolute Gasteiger partial charge is 0.170 e. The predicted octanol–water partition coefficient (Wildman–Crippen LogP) is 3.16. The molecule has 1 aliphatic carbocycles. The zero-order chi connectivity index (χ0) is 14.6. The maximum Gasteiger partial charge on any atom is 0.170 e. The van der Waals surface area contributed by atoms with E-state index in [1.807, 2.05) is 6.92 Å². The van der Waals surface area contributed by atoms with Crippen molar-refractivity contribution in [1.29, 1.82) is 0 Å². The number of hydrogen-bond donors (Lipinski definition) is 0. The molecule has 1 saturated carbocycles. The van der Waals surface area contributed by atoms with Gasteiger partial charge in [0.2, 0.25) is 0 Å². The summed E-state index contributed by atoms with van der Waals surface area (Å²) in [5.41, 5.74) is 0.804. The zero-order valence-electron chi connectivity index (χ0n) is 12.4. The molecule has 0 aromatic carbocycles. The fourth-order valence-electron chi connectivity index (χ4n) is 3.50. The van der Waals surface area contributed by atoms with Crippen molar-refractivity contribution in [2.24, 2.45) is 5.92 Å². The van der Waals surface area contributed by atoms with E-state index in [0.29, 0.717) is 23.1 Å².